The minimum absolute atomic E-state index is 0.321. The summed E-state index contributed by atoms with van der Waals surface area (Å²) in [5.74, 6) is 1.89. The molecule has 1 heterocycles. The van der Waals surface area contributed by atoms with E-state index in [0.29, 0.717) is 42.0 Å². The predicted octanol–water partition coefficient (Wildman–Crippen LogP) is 7.42. The van der Waals surface area contributed by atoms with Gasteiger partial charge in [0.25, 0.3) is 0 Å². The van der Waals surface area contributed by atoms with E-state index in [2.05, 4.69) is 62.7 Å². The molecule has 0 bridgehead atoms. The van der Waals surface area contributed by atoms with Crippen LogP contribution in [-0.4, -0.2) is 29.1 Å². The molecular formula is C31H38FN2O2. The molecule has 0 N–H and O–H groups in total. The lowest BCUT2D eigenvalue weighted by Crippen LogP contribution is -2.36. The molecule has 0 saturated heterocycles. The summed E-state index contributed by atoms with van der Waals surface area (Å²) in [6.45, 7) is 14.4. The minimum atomic E-state index is -0.370. The van der Waals surface area contributed by atoms with Crippen molar-refractivity contribution in [2.75, 3.05) is 7.11 Å². The number of methoxy groups -OCH3 is 1. The Morgan fingerprint density at radius 2 is 1.78 bits per heavy atom. The van der Waals surface area contributed by atoms with Crippen LogP contribution in [0.2, 0.25) is 0 Å². The van der Waals surface area contributed by atoms with Crippen molar-refractivity contribution < 1.29 is 13.9 Å². The molecule has 4 nitrogen and oxygen atoms in total. The summed E-state index contributed by atoms with van der Waals surface area (Å²) in [5, 5.41) is 0. The molecule has 1 atom stereocenters. The van der Waals surface area contributed by atoms with Gasteiger partial charge in [0, 0.05) is 30.3 Å². The van der Waals surface area contributed by atoms with Crippen LogP contribution in [0.3, 0.4) is 0 Å². The van der Waals surface area contributed by atoms with E-state index in [0.717, 1.165) is 29.0 Å². The van der Waals surface area contributed by atoms with E-state index in [9.17, 15) is 4.39 Å². The number of benzene rings is 2. The van der Waals surface area contributed by atoms with Crippen LogP contribution in [0, 0.1) is 18.7 Å². The molecule has 4 rings (SSSR count). The molecular weight excluding hydrogens is 451 g/mol. The average Bonchev–Trinajstić information content (AvgIpc) is 3.71. The maximum atomic E-state index is 14.7. The molecule has 1 unspecified atom stereocenters. The Bertz CT molecular complexity index is 1160. The van der Waals surface area contributed by atoms with Crippen molar-refractivity contribution in [3.8, 4) is 22.8 Å². The first-order valence-corrected chi connectivity index (χ1v) is 12.9. The van der Waals surface area contributed by atoms with Gasteiger partial charge in [-0.25, -0.2) is 9.37 Å². The molecule has 1 radical (unpaired) electrons. The molecule has 1 aromatic heterocycles. The number of halogens is 1. The molecule has 3 aromatic rings. The third-order valence-electron chi connectivity index (χ3n) is 7.11. The lowest BCUT2D eigenvalue weighted by Gasteiger charge is -2.31. The second-order valence-electron chi connectivity index (χ2n) is 10.4. The number of rotatable bonds is 11. The minimum Gasteiger partial charge on any atom is -0.489 e. The van der Waals surface area contributed by atoms with E-state index in [1.807, 2.05) is 24.3 Å². The number of nitrogens with zero attached hydrogens (tertiary/aromatic N) is 2. The van der Waals surface area contributed by atoms with Gasteiger partial charge < -0.3 is 9.47 Å². The summed E-state index contributed by atoms with van der Waals surface area (Å²) in [6.07, 6.45) is 3.74. The van der Waals surface area contributed by atoms with Crippen LogP contribution in [0.4, 0.5) is 4.39 Å². The Kier molecular flexibility index (Phi) is 8.30. The summed E-state index contributed by atoms with van der Waals surface area (Å²) in [4.78, 5) is 6.41. The van der Waals surface area contributed by atoms with Gasteiger partial charge in [-0.2, -0.15) is 0 Å². The molecule has 36 heavy (non-hydrogen) atoms. The van der Waals surface area contributed by atoms with Crippen LogP contribution < -0.4 is 9.47 Å². The van der Waals surface area contributed by atoms with E-state index in [1.165, 1.54) is 31.7 Å². The molecule has 2 aromatic carbocycles. The number of hydrogen-bond donors (Lipinski definition) is 0. The Morgan fingerprint density at radius 1 is 1.03 bits per heavy atom. The molecule has 1 aliphatic carbocycles. The number of pyridine rings is 1. The highest BCUT2D eigenvalue weighted by molar-refractivity contribution is 5.66. The predicted molar refractivity (Wildman–Crippen MR) is 144 cm³/mol. The highest BCUT2D eigenvalue weighted by atomic mass is 19.1. The van der Waals surface area contributed by atoms with Gasteiger partial charge in [-0.05, 0) is 99.7 Å². The van der Waals surface area contributed by atoms with Crippen molar-refractivity contribution in [1.29, 1.82) is 0 Å². The van der Waals surface area contributed by atoms with Crippen molar-refractivity contribution in [3.63, 3.8) is 0 Å². The molecule has 0 spiro atoms. The lowest BCUT2D eigenvalue weighted by molar-refractivity contribution is 0.164. The van der Waals surface area contributed by atoms with Crippen molar-refractivity contribution >= 4 is 0 Å². The Balaban J connectivity index is 1.63. The average molecular weight is 490 g/mol. The van der Waals surface area contributed by atoms with Crippen LogP contribution in [0.5, 0.6) is 11.6 Å². The molecule has 5 heteroatoms. The van der Waals surface area contributed by atoms with Crippen LogP contribution in [0.25, 0.3) is 11.1 Å². The third-order valence-corrected chi connectivity index (χ3v) is 7.11. The second kappa shape index (κ2) is 11.4. The number of hydrogen-bond acceptors (Lipinski definition) is 4. The zero-order valence-corrected chi connectivity index (χ0v) is 22.1. The fourth-order valence-corrected chi connectivity index (χ4v) is 4.76. The van der Waals surface area contributed by atoms with Gasteiger partial charge in [0.05, 0.1) is 13.3 Å². The molecule has 1 fully saturated rings. The van der Waals surface area contributed by atoms with E-state index in [-0.39, 0.29) is 5.82 Å². The van der Waals surface area contributed by atoms with Crippen molar-refractivity contribution in [2.24, 2.45) is 5.92 Å². The van der Waals surface area contributed by atoms with Crippen LogP contribution in [0.15, 0.2) is 54.7 Å². The standard InChI is InChI=1S/C31H38FN2O2/c1-20(2)34(21(3)4)18-27-14-25(29-16-31(35-6)33-17-30(29)32)12-13-26(27)19-36-28-9-7-8-24(15-28)22(5)23-10-11-23/h7-9,12-17,20-23H,5,10-11,18-19H2,1-4,6H3. The summed E-state index contributed by atoms with van der Waals surface area (Å²) in [6, 6.07) is 16.8. The molecule has 1 saturated carbocycles. The largest absolute Gasteiger partial charge is 0.489 e. The van der Waals surface area contributed by atoms with Gasteiger partial charge in [0.1, 0.15) is 18.2 Å². The van der Waals surface area contributed by atoms with Gasteiger partial charge in [-0.3, -0.25) is 4.90 Å². The lowest BCUT2D eigenvalue weighted by atomic mass is 9.96. The number of aromatic nitrogens is 1. The number of ether oxygens (including phenoxy) is 2. The maximum Gasteiger partial charge on any atom is 0.213 e. The Labute approximate surface area is 215 Å². The zero-order valence-electron chi connectivity index (χ0n) is 22.1. The molecule has 191 valence electrons. The third kappa shape index (κ3) is 6.25. The Morgan fingerprint density at radius 3 is 2.44 bits per heavy atom. The van der Waals surface area contributed by atoms with E-state index < -0.39 is 0 Å². The van der Waals surface area contributed by atoms with Gasteiger partial charge >= 0.3 is 0 Å². The van der Waals surface area contributed by atoms with Gasteiger partial charge in [-0.15, -0.1) is 0 Å². The van der Waals surface area contributed by atoms with Crippen molar-refractivity contribution in [1.82, 2.24) is 9.88 Å². The summed E-state index contributed by atoms with van der Waals surface area (Å²) in [5.41, 5.74) is 4.72. The highest BCUT2D eigenvalue weighted by Crippen LogP contribution is 2.42. The normalized spacial score (nSPS) is 14.5. The molecule has 0 aliphatic heterocycles. The summed E-state index contributed by atoms with van der Waals surface area (Å²) in [7, 11) is 1.54. The van der Waals surface area contributed by atoms with Crippen molar-refractivity contribution in [3.05, 3.63) is 84.2 Å². The van der Waals surface area contributed by atoms with E-state index >= 15 is 0 Å². The summed E-state index contributed by atoms with van der Waals surface area (Å²) >= 11 is 0. The highest BCUT2D eigenvalue weighted by Gasteiger charge is 2.29. The quantitative estimate of drug-likeness (QED) is 0.281. The van der Waals surface area contributed by atoms with Crippen LogP contribution in [0.1, 0.15) is 63.1 Å². The van der Waals surface area contributed by atoms with Crippen molar-refractivity contribution in [2.45, 2.75) is 71.7 Å². The van der Waals surface area contributed by atoms with Crippen LogP contribution >= 0.6 is 0 Å². The first-order chi connectivity index (χ1) is 17.3. The zero-order chi connectivity index (χ0) is 25.8. The fraction of sp³-hybridized carbons (Fsp3) is 0.419. The first kappa shape index (κ1) is 26.2. The Hall–Kier alpha value is -2.92. The second-order valence-corrected chi connectivity index (χ2v) is 10.4. The van der Waals surface area contributed by atoms with E-state index in [4.69, 9.17) is 9.47 Å². The smallest absolute Gasteiger partial charge is 0.213 e. The maximum absolute atomic E-state index is 14.7. The monoisotopic (exact) mass is 489 g/mol. The van der Waals surface area contributed by atoms with E-state index in [1.54, 1.807) is 6.07 Å². The summed E-state index contributed by atoms with van der Waals surface area (Å²) < 4.78 is 26.2. The first-order valence-electron chi connectivity index (χ1n) is 12.9. The molecule has 0 amide bonds. The molecule has 1 aliphatic rings. The van der Waals surface area contributed by atoms with Gasteiger partial charge in [-0.1, -0.05) is 24.3 Å². The SMILES string of the molecule is [CH2]C(c1cccc(OCc2ccc(-c3cc(OC)ncc3F)cc2CN(C(C)C)C(C)C)c1)C1CC1. The fourth-order valence-electron chi connectivity index (χ4n) is 4.76. The van der Waals surface area contributed by atoms with Crippen LogP contribution in [-0.2, 0) is 13.2 Å². The topological polar surface area (TPSA) is 34.6 Å². The van der Waals surface area contributed by atoms with Gasteiger partial charge in [0.15, 0.2) is 0 Å². The van der Waals surface area contributed by atoms with Gasteiger partial charge in [0.2, 0.25) is 5.88 Å².